The Balaban J connectivity index is 1.98. The Bertz CT molecular complexity index is 697. The van der Waals surface area contributed by atoms with Crippen molar-refractivity contribution in [3.8, 4) is 0 Å². The summed E-state index contributed by atoms with van der Waals surface area (Å²) in [5.41, 5.74) is 1.22. The van der Waals surface area contributed by atoms with Crippen molar-refractivity contribution in [1.29, 1.82) is 0 Å². The number of hydrogen-bond acceptors (Lipinski definition) is 3. The highest BCUT2D eigenvalue weighted by atomic mass is 79.9. The summed E-state index contributed by atoms with van der Waals surface area (Å²) in [6.45, 7) is 2.47. The summed E-state index contributed by atoms with van der Waals surface area (Å²) in [6, 6.07) is 3.67. The van der Waals surface area contributed by atoms with E-state index >= 15 is 0 Å². The Kier molecular flexibility index (Phi) is 3.21. The van der Waals surface area contributed by atoms with Crippen LogP contribution in [0.4, 0.5) is 0 Å². The predicted molar refractivity (Wildman–Crippen MR) is 76.4 cm³/mol. The lowest BCUT2D eigenvalue weighted by molar-refractivity contribution is -0.124. The van der Waals surface area contributed by atoms with E-state index in [4.69, 9.17) is 0 Å². The van der Waals surface area contributed by atoms with Gasteiger partial charge in [0.15, 0.2) is 0 Å². The van der Waals surface area contributed by atoms with E-state index in [-0.39, 0.29) is 24.4 Å². The van der Waals surface area contributed by atoms with Gasteiger partial charge in [-0.05, 0) is 35.0 Å². The summed E-state index contributed by atoms with van der Waals surface area (Å²) < 4.78 is 2.44. The van der Waals surface area contributed by atoms with Crippen LogP contribution in [-0.4, -0.2) is 45.5 Å². The molecule has 1 N–H and O–H groups in total. The first-order chi connectivity index (χ1) is 9.56. The fourth-order valence-electron chi connectivity index (χ4n) is 2.42. The number of aromatic nitrogens is 2. The molecule has 1 unspecified atom stereocenters. The van der Waals surface area contributed by atoms with Gasteiger partial charge in [0.05, 0.1) is 23.8 Å². The van der Waals surface area contributed by atoms with E-state index in [1.54, 1.807) is 21.8 Å². The van der Waals surface area contributed by atoms with Crippen molar-refractivity contribution in [3.63, 3.8) is 0 Å². The van der Waals surface area contributed by atoms with Crippen LogP contribution in [0.5, 0.6) is 0 Å². The molecule has 1 aliphatic rings. The van der Waals surface area contributed by atoms with Crippen molar-refractivity contribution in [2.45, 2.75) is 13.0 Å². The summed E-state index contributed by atoms with van der Waals surface area (Å²) in [5, 5.41) is 6.97. The molecule has 0 saturated carbocycles. The van der Waals surface area contributed by atoms with Crippen LogP contribution in [0.3, 0.4) is 0 Å². The quantitative estimate of drug-likeness (QED) is 0.846. The molecule has 2 aromatic heterocycles. The second-order valence-electron chi connectivity index (χ2n) is 4.86. The van der Waals surface area contributed by atoms with Gasteiger partial charge in [-0.15, -0.1) is 0 Å². The normalized spacial score (nSPS) is 19.2. The molecule has 104 valence electrons. The monoisotopic (exact) mass is 336 g/mol. The van der Waals surface area contributed by atoms with E-state index < -0.39 is 0 Å². The number of hydrogen-bond donors (Lipinski definition) is 1. The zero-order valence-electron chi connectivity index (χ0n) is 10.8. The number of nitrogens with one attached hydrogen (secondary N) is 1. The van der Waals surface area contributed by atoms with E-state index in [1.807, 2.05) is 19.1 Å². The van der Waals surface area contributed by atoms with E-state index in [2.05, 4.69) is 26.3 Å². The van der Waals surface area contributed by atoms with Crippen LogP contribution in [0, 0.1) is 0 Å². The molecule has 0 bridgehead atoms. The van der Waals surface area contributed by atoms with Crippen LogP contribution in [0.15, 0.2) is 29.0 Å². The van der Waals surface area contributed by atoms with Crippen LogP contribution < -0.4 is 5.32 Å². The van der Waals surface area contributed by atoms with Crippen LogP contribution >= 0.6 is 15.9 Å². The molecular formula is C13H13BrN4O2. The second-order valence-corrected chi connectivity index (χ2v) is 5.72. The molecule has 7 heteroatoms. The van der Waals surface area contributed by atoms with Crippen molar-refractivity contribution < 1.29 is 9.59 Å². The summed E-state index contributed by atoms with van der Waals surface area (Å²) in [4.78, 5) is 25.7. The SMILES string of the molecule is CC1CN(C(=O)c2cnn3cccc(Br)c23)CC(=O)N1. The number of halogens is 1. The molecule has 0 aromatic carbocycles. The minimum absolute atomic E-state index is 0.0366. The number of nitrogens with zero attached hydrogens (tertiary/aromatic N) is 3. The van der Waals surface area contributed by atoms with Gasteiger partial charge in [-0.3, -0.25) is 9.59 Å². The summed E-state index contributed by atoms with van der Waals surface area (Å²) in [6.07, 6.45) is 3.32. The largest absolute Gasteiger partial charge is 0.350 e. The first-order valence-corrected chi connectivity index (χ1v) is 7.06. The van der Waals surface area contributed by atoms with Gasteiger partial charge in [0.25, 0.3) is 5.91 Å². The van der Waals surface area contributed by atoms with E-state index in [1.165, 1.54) is 0 Å². The average Bonchev–Trinajstić information content (AvgIpc) is 2.82. The number of carbonyl (C=O) groups is 2. The summed E-state index contributed by atoms with van der Waals surface area (Å²) in [5.74, 6) is -0.304. The van der Waals surface area contributed by atoms with Crippen molar-refractivity contribution in [2.75, 3.05) is 13.1 Å². The molecule has 2 aromatic rings. The minimum Gasteiger partial charge on any atom is -0.350 e. The Morgan fingerprint density at radius 3 is 3.10 bits per heavy atom. The van der Waals surface area contributed by atoms with Gasteiger partial charge in [-0.25, -0.2) is 4.52 Å². The maximum atomic E-state index is 12.6. The minimum atomic E-state index is -0.173. The number of pyridine rings is 1. The average molecular weight is 337 g/mol. The summed E-state index contributed by atoms with van der Waals surface area (Å²) in [7, 11) is 0. The number of fused-ring (bicyclic) bond motifs is 1. The van der Waals surface area contributed by atoms with Crippen LogP contribution in [0.25, 0.3) is 5.52 Å². The van der Waals surface area contributed by atoms with Crippen molar-refractivity contribution in [1.82, 2.24) is 19.8 Å². The number of rotatable bonds is 1. The first-order valence-electron chi connectivity index (χ1n) is 6.27. The number of amides is 2. The first kappa shape index (κ1) is 13.1. The van der Waals surface area contributed by atoms with Crippen LogP contribution in [0.1, 0.15) is 17.3 Å². The third kappa shape index (κ3) is 2.18. The molecule has 2 amide bonds. The zero-order chi connectivity index (χ0) is 14.3. The predicted octanol–water partition coefficient (Wildman–Crippen LogP) is 1.06. The molecule has 1 saturated heterocycles. The number of piperazine rings is 1. The molecule has 1 aliphatic heterocycles. The smallest absolute Gasteiger partial charge is 0.258 e. The van der Waals surface area contributed by atoms with Gasteiger partial charge in [0, 0.05) is 23.3 Å². The van der Waals surface area contributed by atoms with E-state index in [9.17, 15) is 9.59 Å². The highest BCUT2D eigenvalue weighted by Crippen LogP contribution is 2.22. The van der Waals surface area contributed by atoms with Crippen molar-refractivity contribution >= 4 is 33.3 Å². The molecule has 6 nitrogen and oxygen atoms in total. The molecule has 0 radical (unpaired) electrons. The van der Waals surface area contributed by atoms with Gasteiger partial charge >= 0.3 is 0 Å². The Labute approximate surface area is 123 Å². The lowest BCUT2D eigenvalue weighted by Crippen LogP contribution is -2.54. The molecule has 20 heavy (non-hydrogen) atoms. The lowest BCUT2D eigenvalue weighted by atomic mass is 10.2. The van der Waals surface area contributed by atoms with Crippen molar-refractivity contribution in [3.05, 3.63) is 34.6 Å². The fourth-order valence-corrected chi connectivity index (χ4v) is 2.97. The third-order valence-electron chi connectivity index (χ3n) is 3.25. The van der Waals surface area contributed by atoms with E-state index in [0.29, 0.717) is 12.1 Å². The third-order valence-corrected chi connectivity index (χ3v) is 3.89. The topological polar surface area (TPSA) is 66.7 Å². The molecular weight excluding hydrogens is 324 g/mol. The summed E-state index contributed by atoms with van der Waals surface area (Å²) >= 11 is 3.43. The molecule has 1 atom stereocenters. The Morgan fingerprint density at radius 1 is 1.55 bits per heavy atom. The standard InChI is InChI=1S/C13H13BrN4O2/c1-8-6-17(7-11(19)16-8)13(20)9-5-15-18-4-2-3-10(14)12(9)18/h2-5,8H,6-7H2,1H3,(H,16,19). The highest BCUT2D eigenvalue weighted by molar-refractivity contribution is 9.10. The Hall–Kier alpha value is -1.89. The van der Waals surface area contributed by atoms with Gasteiger partial charge in [-0.1, -0.05) is 0 Å². The second kappa shape index (κ2) is 4.90. The van der Waals surface area contributed by atoms with Crippen LogP contribution in [-0.2, 0) is 4.79 Å². The Morgan fingerprint density at radius 2 is 2.35 bits per heavy atom. The van der Waals surface area contributed by atoms with Gasteiger partial charge < -0.3 is 10.2 Å². The van der Waals surface area contributed by atoms with Crippen LogP contribution in [0.2, 0.25) is 0 Å². The molecule has 0 spiro atoms. The lowest BCUT2D eigenvalue weighted by Gasteiger charge is -2.31. The molecule has 3 heterocycles. The number of carbonyl (C=O) groups excluding carboxylic acids is 2. The maximum Gasteiger partial charge on any atom is 0.258 e. The highest BCUT2D eigenvalue weighted by Gasteiger charge is 2.28. The zero-order valence-corrected chi connectivity index (χ0v) is 12.4. The van der Waals surface area contributed by atoms with E-state index in [0.717, 1.165) is 9.99 Å². The fraction of sp³-hybridized carbons (Fsp3) is 0.308. The molecule has 3 rings (SSSR count). The molecule has 1 fully saturated rings. The van der Waals surface area contributed by atoms with Crippen molar-refractivity contribution in [2.24, 2.45) is 0 Å². The van der Waals surface area contributed by atoms with Gasteiger partial charge in [0.1, 0.15) is 0 Å². The van der Waals surface area contributed by atoms with Gasteiger partial charge in [0.2, 0.25) is 5.91 Å². The maximum absolute atomic E-state index is 12.6. The van der Waals surface area contributed by atoms with Gasteiger partial charge in [-0.2, -0.15) is 5.10 Å². The molecule has 0 aliphatic carbocycles.